The predicted octanol–water partition coefficient (Wildman–Crippen LogP) is 2.35. The lowest BCUT2D eigenvalue weighted by Crippen LogP contribution is -2.37. The van der Waals surface area contributed by atoms with Crippen molar-refractivity contribution in [3.63, 3.8) is 0 Å². The first-order chi connectivity index (χ1) is 7.34. The summed E-state index contributed by atoms with van der Waals surface area (Å²) in [5.41, 5.74) is 0. The van der Waals surface area contributed by atoms with Gasteiger partial charge in [-0.2, -0.15) is 0 Å². The van der Waals surface area contributed by atoms with Gasteiger partial charge in [0.15, 0.2) is 0 Å². The van der Waals surface area contributed by atoms with Crippen molar-refractivity contribution in [3.8, 4) is 0 Å². The fraction of sp³-hybridized carbons (Fsp3) is 1.00. The van der Waals surface area contributed by atoms with E-state index in [-0.39, 0.29) is 0 Å². The van der Waals surface area contributed by atoms with Crippen molar-refractivity contribution in [1.82, 2.24) is 10.2 Å². The van der Waals surface area contributed by atoms with Gasteiger partial charge >= 0.3 is 0 Å². The third-order valence-electron chi connectivity index (χ3n) is 3.56. The Bertz CT molecular complexity index is 145. The molecule has 2 aliphatic heterocycles. The lowest BCUT2D eigenvalue weighted by atomic mass is 9.98. The zero-order valence-corrected chi connectivity index (χ0v) is 10.8. The van der Waals surface area contributed by atoms with Crippen LogP contribution in [0.5, 0.6) is 0 Å². The van der Waals surface area contributed by atoms with Crippen LogP contribution in [0.15, 0.2) is 0 Å². The molecule has 1 atom stereocenters. The minimum atomic E-state index is 0.938. The van der Waals surface area contributed by atoms with Crippen LogP contribution in [0.3, 0.4) is 0 Å². The molecule has 0 amide bonds. The maximum absolute atomic E-state index is 3.44. The summed E-state index contributed by atoms with van der Waals surface area (Å²) in [6, 6.07) is 0. The fourth-order valence-corrected chi connectivity index (χ4v) is 2.48. The van der Waals surface area contributed by atoms with E-state index >= 15 is 0 Å². The van der Waals surface area contributed by atoms with Crippen molar-refractivity contribution in [2.75, 3.05) is 32.7 Å². The van der Waals surface area contributed by atoms with Crippen molar-refractivity contribution in [1.29, 1.82) is 0 Å². The molecule has 1 N–H and O–H groups in total. The van der Waals surface area contributed by atoms with Gasteiger partial charge in [0.2, 0.25) is 0 Å². The number of piperidine rings is 1. The first-order valence-electron chi connectivity index (χ1n) is 6.77. The summed E-state index contributed by atoms with van der Waals surface area (Å²) in [4.78, 5) is 2.66. The van der Waals surface area contributed by atoms with Crippen molar-refractivity contribution in [2.24, 2.45) is 11.8 Å². The number of hydrogen-bond donors (Lipinski definition) is 1. The second kappa shape index (κ2) is 7.24. The Morgan fingerprint density at radius 2 is 1.80 bits per heavy atom. The van der Waals surface area contributed by atoms with Gasteiger partial charge in [-0.05, 0) is 57.3 Å². The Balaban J connectivity index is 0.000000531. The smallest absolute Gasteiger partial charge is 0.00223 e. The maximum atomic E-state index is 3.44. The minimum Gasteiger partial charge on any atom is -0.316 e. The van der Waals surface area contributed by atoms with Gasteiger partial charge in [0.05, 0.1) is 0 Å². The summed E-state index contributed by atoms with van der Waals surface area (Å²) in [5.74, 6) is 1.91. The lowest BCUT2D eigenvalue weighted by molar-refractivity contribution is 0.171. The Morgan fingerprint density at radius 1 is 1.13 bits per heavy atom. The Labute approximate surface area is 95.4 Å². The van der Waals surface area contributed by atoms with Gasteiger partial charge < -0.3 is 10.2 Å². The summed E-state index contributed by atoms with van der Waals surface area (Å²) >= 11 is 0. The molecular weight excluding hydrogens is 184 g/mol. The van der Waals surface area contributed by atoms with Crippen molar-refractivity contribution in [3.05, 3.63) is 0 Å². The van der Waals surface area contributed by atoms with E-state index in [9.17, 15) is 0 Å². The second-order valence-electron chi connectivity index (χ2n) is 4.84. The molecule has 2 heterocycles. The number of nitrogens with zero attached hydrogens (tertiary/aromatic N) is 1. The van der Waals surface area contributed by atoms with Crippen molar-refractivity contribution in [2.45, 2.75) is 40.0 Å². The normalized spacial score (nSPS) is 28.6. The van der Waals surface area contributed by atoms with Crippen LogP contribution in [0.2, 0.25) is 0 Å². The summed E-state index contributed by atoms with van der Waals surface area (Å²) in [7, 11) is 0. The molecule has 2 nitrogen and oxygen atoms in total. The molecule has 0 aromatic carbocycles. The maximum Gasteiger partial charge on any atom is 0.00223 e. The standard InChI is InChI=1S/C11H22N2.C2H6/c1-10-3-6-13(7-4-10)9-11-2-5-12-8-11;1-2/h10-12H,2-9H2,1H3;1-2H3/t11-;/m1./s1. The molecule has 2 aliphatic rings. The first kappa shape index (κ1) is 13.0. The molecular formula is C13H28N2. The van der Waals surface area contributed by atoms with E-state index in [0.29, 0.717) is 0 Å². The van der Waals surface area contributed by atoms with E-state index in [0.717, 1.165) is 11.8 Å². The largest absolute Gasteiger partial charge is 0.316 e. The molecule has 0 aromatic rings. The topological polar surface area (TPSA) is 15.3 Å². The van der Waals surface area contributed by atoms with E-state index in [1.165, 1.54) is 52.0 Å². The van der Waals surface area contributed by atoms with Gasteiger partial charge in [-0.3, -0.25) is 0 Å². The Hall–Kier alpha value is -0.0800. The SMILES string of the molecule is CC.CC1CCN(C[C@@H]2CCNC2)CC1. The summed E-state index contributed by atoms with van der Waals surface area (Å²) < 4.78 is 0. The molecule has 15 heavy (non-hydrogen) atoms. The van der Waals surface area contributed by atoms with Crippen molar-refractivity contribution < 1.29 is 0 Å². The summed E-state index contributed by atoms with van der Waals surface area (Å²) in [6.45, 7) is 12.9. The molecule has 0 radical (unpaired) electrons. The molecule has 0 unspecified atom stereocenters. The third kappa shape index (κ3) is 4.52. The Kier molecular flexibility index (Phi) is 6.26. The van der Waals surface area contributed by atoms with E-state index < -0.39 is 0 Å². The number of hydrogen-bond acceptors (Lipinski definition) is 2. The van der Waals surface area contributed by atoms with Crippen LogP contribution in [-0.4, -0.2) is 37.6 Å². The molecule has 0 saturated carbocycles. The van der Waals surface area contributed by atoms with Gasteiger partial charge in [0, 0.05) is 6.54 Å². The van der Waals surface area contributed by atoms with Gasteiger partial charge in [0.1, 0.15) is 0 Å². The van der Waals surface area contributed by atoms with Crippen LogP contribution >= 0.6 is 0 Å². The van der Waals surface area contributed by atoms with Crippen LogP contribution < -0.4 is 5.32 Å². The highest BCUT2D eigenvalue weighted by atomic mass is 15.1. The highest BCUT2D eigenvalue weighted by Gasteiger charge is 2.21. The van der Waals surface area contributed by atoms with Crippen LogP contribution in [-0.2, 0) is 0 Å². The monoisotopic (exact) mass is 212 g/mol. The number of rotatable bonds is 2. The van der Waals surface area contributed by atoms with E-state index in [1.807, 2.05) is 13.8 Å². The van der Waals surface area contributed by atoms with E-state index in [4.69, 9.17) is 0 Å². The molecule has 2 rings (SSSR count). The lowest BCUT2D eigenvalue weighted by Gasteiger charge is -2.31. The minimum absolute atomic E-state index is 0.938. The molecule has 2 heteroatoms. The predicted molar refractivity (Wildman–Crippen MR) is 67.2 cm³/mol. The molecule has 0 aliphatic carbocycles. The van der Waals surface area contributed by atoms with Crippen LogP contribution in [0.1, 0.15) is 40.0 Å². The fourth-order valence-electron chi connectivity index (χ4n) is 2.48. The van der Waals surface area contributed by atoms with Crippen LogP contribution in [0.25, 0.3) is 0 Å². The average Bonchev–Trinajstić information content (AvgIpc) is 2.77. The van der Waals surface area contributed by atoms with E-state index in [1.54, 1.807) is 0 Å². The van der Waals surface area contributed by atoms with Crippen LogP contribution in [0.4, 0.5) is 0 Å². The van der Waals surface area contributed by atoms with E-state index in [2.05, 4.69) is 17.1 Å². The summed E-state index contributed by atoms with van der Waals surface area (Å²) in [5, 5.41) is 3.44. The highest BCUT2D eigenvalue weighted by molar-refractivity contribution is 4.77. The summed E-state index contributed by atoms with van der Waals surface area (Å²) in [6.07, 6.45) is 4.23. The Morgan fingerprint density at radius 3 is 2.33 bits per heavy atom. The number of nitrogens with one attached hydrogen (secondary N) is 1. The highest BCUT2D eigenvalue weighted by Crippen LogP contribution is 2.18. The average molecular weight is 212 g/mol. The third-order valence-corrected chi connectivity index (χ3v) is 3.56. The molecule has 0 bridgehead atoms. The first-order valence-corrected chi connectivity index (χ1v) is 6.77. The van der Waals surface area contributed by atoms with Gasteiger partial charge in [-0.15, -0.1) is 0 Å². The zero-order valence-electron chi connectivity index (χ0n) is 10.8. The molecule has 2 saturated heterocycles. The van der Waals surface area contributed by atoms with Crippen molar-refractivity contribution >= 4 is 0 Å². The van der Waals surface area contributed by atoms with Gasteiger partial charge in [-0.1, -0.05) is 20.8 Å². The van der Waals surface area contributed by atoms with Gasteiger partial charge in [-0.25, -0.2) is 0 Å². The van der Waals surface area contributed by atoms with Crippen LogP contribution in [0, 0.1) is 11.8 Å². The molecule has 0 spiro atoms. The quantitative estimate of drug-likeness (QED) is 0.756. The number of likely N-dealkylation sites (tertiary alicyclic amines) is 1. The molecule has 90 valence electrons. The van der Waals surface area contributed by atoms with Gasteiger partial charge in [0.25, 0.3) is 0 Å². The second-order valence-corrected chi connectivity index (χ2v) is 4.84. The molecule has 2 fully saturated rings. The molecule has 0 aromatic heterocycles. The zero-order chi connectivity index (χ0) is 11.1.